The Kier molecular flexibility index (Phi) is 7.07. The number of anilines is 1. The molecule has 4 aromatic rings. The summed E-state index contributed by atoms with van der Waals surface area (Å²) in [7, 11) is 0. The van der Waals surface area contributed by atoms with E-state index in [2.05, 4.69) is 20.6 Å². The van der Waals surface area contributed by atoms with Crippen LogP contribution in [-0.2, 0) is 22.4 Å². The third-order valence-electron chi connectivity index (χ3n) is 5.69. The zero-order chi connectivity index (χ0) is 24.2. The maximum atomic E-state index is 14.1. The average Bonchev–Trinajstić information content (AvgIpc) is 3.37. The Balaban J connectivity index is 1.53. The van der Waals surface area contributed by atoms with Gasteiger partial charge in [0.15, 0.2) is 5.13 Å². The van der Waals surface area contributed by atoms with Gasteiger partial charge in [0.25, 0.3) is 0 Å². The molecule has 0 radical (unpaired) electrons. The van der Waals surface area contributed by atoms with Crippen LogP contribution in [0.2, 0.25) is 0 Å². The lowest BCUT2D eigenvalue weighted by molar-refractivity contribution is -0.128. The molecule has 0 aliphatic heterocycles. The van der Waals surface area contributed by atoms with Gasteiger partial charge in [-0.1, -0.05) is 50.2 Å². The van der Waals surface area contributed by atoms with Crippen molar-refractivity contribution >= 4 is 39.2 Å². The van der Waals surface area contributed by atoms with Crippen LogP contribution in [0.3, 0.4) is 0 Å². The number of hydrogen-bond donors (Lipinski definition) is 3. The van der Waals surface area contributed by atoms with Gasteiger partial charge in [-0.25, -0.2) is 9.37 Å². The Morgan fingerprint density at radius 3 is 2.56 bits per heavy atom. The topological polar surface area (TPSA) is 86.9 Å². The van der Waals surface area contributed by atoms with Crippen LogP contribution in [0.1, 0.15) is 35.5 Å². The molecule has 0 bridgehead atoms. The number of para-hydroxylation sites is 1. The number of nitrogens with zero attached hydrogens (tertiary/aromatic N) is 1. The smallest absolute Gasteiger partial charge is 0.249 e. The van der Waals surface area contributed by atoms with Crippen molar-refractivity contribution < 1.29 is 14.0 Å². The van der Waals surface area contributed by atoms with Crippen molar-refractivity contribution in [1.82, 2.24) is 15.3 Å². The van der Waals surface area contributed by atoms with Crippen LogP contribution in [0.5, 0.6) is 0 Å². The summed E-state index contributed by atoms with van der Waals surface area (Å²) in [6.07, 6.45) is 2.60. The molecule has 0 fully saturated rings. The number of H-pyrrole nitrogens is 1. The molecule has 0 saturated carbocycles. The molecule has 0 aliphatic carbocycles. The minimum Gasteiger partial charge on any atom is -0.361 e. The predicted octanol–water partition coefficient (Wildman–Crippen LogP) is 4.98. The molecule has 0 saturated heterocycles. The van der Waals surface area contributed by atoms with Gasteiger partial charge >= 0.3 is 0 Å². The average molecular weight is 479 g/mol. The first kappa shape index (κ1) is 23.6. The summed E-state index contributed by atoms with van der Waals surface area (Å²) in [6, 6.07) is 13.7. The van der Waals surface area contributed by atoms with E-state index in [1.165, 1.54) is 17.4 Å². The van der Waals surface area contributed by atoms with Crippen LogP contribution in [0.4, 0.5) is 9.52 Å². The molecule has 2 heterocycles. The fourth-order valence-electron chi connectivity index (χ4n) is 3.72. The molecule has 1 atom stereocenters. The molecular weight excluding hydrogens is 451 g/mol. The van der Waals surface area contributed by atoms with Crippen molar-refractivity contribution in [3.8, 4) is 0 Å². The second-order valence-electron chi connectivity index (χ2n) is 8.56. The highest BCUT2D eigenvalue weighted by Gasteiger charge is 2.25. The maximum absolute atomic E-state index is 14.1. The largest absolute Gasteiger partial charge is 0.361 e. The van der Waals surface area contributed by atoms with E-state index in [-0.39, 0.29) is 23.5 Å². The van der Waals surface area contributed by atoms with Crippen LogP contribution in [0.15, 0.2) is 54.7 Å². The summed E-state index contributed by atoms with van der Waals surface area (Å²) >= 11 is 1.32. The van der Waals surface area contributed by atoms with Crippen molar-refractivity contribution in [3.63, 3.8) is 0 Å². The number of halogens is 1. The van der Waals surface area contributed by atoms with Crippen LogP contribution in [0, 0.1) is 18.7 Å². The first-order valence-corrected chi connectivity index (χ1v) is 12.0. The number of aromatic nitrogens is 2. The number of rotatable bonds is 8. The fourth-order valence-corrected chi connectivity index (χ4v) is 4.71. The minimum atomic E-state index is -0.770. The van der Waals surface area contributed by atoms with E-state index in [1.807, 2.05) is 37.4 Å². The summed E-state index contributed by atoms with van der Waals surface area (Å²) in [5.41, 5.74) is 3.23. The number of nitrogens with one attached hydrogen (secondary N) is 3. The van der Waals surface area contributed by atoms with Crippen molar-refractivity contribution in [2.45, 2.75) is 39.7 Å². The highest BCUT2D eigenvalue weighted by molar-refractivity contribution is 7.15. The monoisotopic (exact) mass is 478 g/mol. The molecule has 8 heteroatoms. The van der Waals surface area contributed by atoms with E-state index >= 15 is 0 Å². The van der Waals surface area contributed by atoms with Gasteiger partial charge in [-0.05, 0) is 30.2 Å². The van der Waals surface area contributed by atoms with E-state index in [0.717, 1.165) is 27.0 Å². The van der Waals surface area contributed by atoms with Gasteiger partial charge in [0.1, 0.15) is 11.9 Å². The highest BCUT2D eigenvalue weighted by atomic mass is 32.1. The second kappa shape index (κ2) is 10.2. The normalized spacial score (nSPS) is 12.1. The van der Waals surface area contributed by atoms with Crippen LogP contribution in [0.25, 0.3) is 10.9 Å². The van der Waals surface area contributed by atoms with E-state index in [1.54, 1.807) is 32.0 Å². The molecule has 0 aliphatic rings. The van der Waals surface area contributed by atoms with E-state index in [0.29, 0.717) is 23.5 Å². The Morgan fingerprint density at radius 2 is 1.79 bits per heavy atom. The lowest BCUT2D eigenvalue weighted by Crippen LogP contribution is -2.46. The molecule has 2 amide bonds. The second-order valence-corrected chi connectivity index (χ2v) is 9.65. The minimum absolute atomic E-state index is 0.199. The number of carbonyl (C=O) groups excluding carboxylic acids is 2. The highest BCUT2D eigenvalue weighted by Crippen LogP contribution is 2.27. The van der Waals surface area contributed by atoms with Crippen LogP contribution in [-0.4, -0.2) is 27.8 Å². The number of aromatic amines is 1. The van der Waals surface area contributed by atoms with Gasteiger partial charge in [0.2, 0.25) is 11.8 Å². The van der Waals surface area contributed by atoms with Crippen LogP contribution < -0.4 is 10.6 Å². The number of thiazole rings is 1. The van der Waals surface area contributed by atoms with E-state index < -0.39 is 6.04 Å². The molecule has 3 N–H and O–H groups in total. The summed E-state index contributed by atoms with van der Waals surface area (Å²) in [5, 5.41) is 7.17. The quantitative estimate of drug-likeness (QED) is 0.334. The third kappa shape index (κ3) is 5.34. The summed E-state index contributed by atoms with van der Waals surface area (Å²) in [6.45, 7) is 5.41. The Bertz CT molecular complexity index is 1330. The van der Waals surface area contributed by atoms with Crippen LogP contribution >= 0.6 is 11.3 Å². The molecule has 6 nitrogen and oxygen atoms in total. The van der Waals surface area contributed by atoms with Gasteiger partial charge in [-0.15, -0.1) is 11.3 Å². The van der Waals surface area contributed by atoms with Gasteiger partial charge in [-0.2, -0.15) is 0 Å². The predicted molar refractivity (Wildman–Crippen MR) is 133 cm³/mol. The number of fused-ring (bicyclic) bond motifs is 1. The third-order valence-corrected chi connectivity index (χ3v) is 6.76. The lowest BCUT2D eigenvalue weighted by Gasteiger charge is -2.19. The first-order valence-electron chi connectivity index (χ1n) is 11.2. The Hall–Kier alpha value is -3.52. The summed E-state index contributed by atoms with van der Waals surface area (Å²) in [5.74, 6) is -1.06. The van der Waals surface area contributed by atoms with E-state index in [9.17, 15) is 14.0 Å². The standard InChI is InChI=1S/C26H27FN4O2S/c1-15(2)24(32)30-22(12-18-14-28-21-11-7-5-9-19(18)21)25(33)31-26-29-16(3)23(34-26)13-17-8-4-6-10-20(17)27/h4-11,14-15,22,28H,12-13H2,1-3H3,(H,30,32)(H,29,31,33). The maximum Gasteiger partial charge on any atom is 0.249 e. The number of aryl methyl sites for hydroxylation is 1. The molecule has 176 valence electrons. The number of amides is 2. The van der Waals surface area contributed by atoms with Gasteiger partial charge in [0, 0.05) is 40.7 Å². The Morgan fingerprint density at radius 1 is 1.06 bits per heavy atom. The molecule has 2 aromatic heterocycles. The molecule has 4 rings (SSSR count). The van der Waals surface area contributed by atoms with Gasteiger partial charge in [-0.3, -0.25) is 9.59 Å². The lowest BCUT2D eigenvalue weighted by atomic mass is 10.0. The van der Waals surface area contributed by atoms with Crippen molar-refractivity contribution in [1.29, 1.82) is 0 Å². The molecule has 0 spiro atoms. The number of carbonyl (C=O) groups is 2. The van der Waals surface area contributed by atoms with E-state index in [4.69, 9.17) is 0 Å². The molecule has 1 unspecified atom stereocenters. The summed E-state index contributed by atoms with van der Waals surface area (Å²) in [4.78, 5) is 34.2. The Labute approximate surface area is 201 Å². The summed E-state index contributed by atoms with van der Waals surface area (Å²) < 4.78 is 14.1. The molecular formula is C26H27FN4O2S. The fraction of sp³-hybridized carbons (Fsp3) is 0.269. The van der Waals surface area contributed by atoms with Crippen molar-refractivity contribution in [2.24, 2.45) is 5.92 Å². The van der Waals surface area contributed by atoms with Crippen molar-refractivity contribution in [3.05, 3.63) is 82.2 Å². The SMILES string of the molecule is Cc1nc(NC(=O)C(Cc2c[nH]c3ccccc23)NC(=O)C(C)C)sc1Cc1ccccc1F. The zero-order valence-corrected chi connectivity index (χ0v) is 20.1. The molecule has 34 heavy (non-hydrogen) atoms. The molecule has 2 aromatic carbocycles. The number of benzene rings is 2. The van der Waals surface area contributed by atoms with Crippen molar-refractivity contribution in [2.75, 3.05) is 5.32 Å². The van der Waals surface area contributed by atoms with Gasteiger partial charge in [0.05, 0.1) is 5.69 Å². The zero-order valence-electron chi connectivity index (χ0n) is 19.3. The van der Waals surface area contributed by atoms with Gasteiger partial charge < -0.3 is 15.6 Å². The first-order chi connectivity index (χ1) is 16.3. The number of hydrogen-bond acceptors (Lipinski definition) is 4.